The molecule has 0 radical (unpaired) electrons. The summed E-state index contributed by atoms with van der Waals surface area (Å²) < 4.78 is 21.0. The Morgan fingerprint density at radius 2 is 2.00 bits per heavy atom. The predicted octanol–water partition coefficient (Wildman–Crippen LogP) is 4.91. The lowest BCUT2D eigenvalue weighted by molar-refractivity contribution is 0.290. The lowest BCUT2D eigenvalue weighted by Gasteiger charge is -2.10. The van der Waals surface area contributed by atoms with Gasteiger partial charge in [-0.05, 0) is 30.3 Å². The van der Waals surface area contributed by atoms with Gasteiger partial charge in [-0.15, -0.1) is 10.2 Å². The maximum Gasteiger partial charge on any atom is 0.229 e. The van der Waals surface area contributed by atoms with E-state index in [9.17, 15) is 0 Å². The van der Waals surface area contributed by atoms with E-state index in [4.69, 9.17) is 25.6 Å². The third kappa shape index (κ3) is 3.70. The van der Waals surface area contributed by atoms with Gasteiger partial charge in [0, 0.05) is 11.5 Å². The van der Waals surface area contributed by atoms with E-state index in [-0.39, 0.29) is 12.5 Å². The van der Waals surface area contributed by atoms with Crippen LogP contribution >= 0.6 is 11.6 Å². The molecule has 0 N–H and O–H groups in total. The van der Waals surface area contributed by atoms with Crippen LogP contribution in [0, 0.1) is 0 Å². The summed E-state index contributed by atoms with van der Waals surface area (Å²) in [5, 5.41) is 13.7. The summed E-state index contributed by atoms with van der Waals surface area (Å²) >= 11 is 6.28. The first kappa shape index (κ1) is 22.3. The molecule has 11 heteroatoms. The molecule has 10 nitrogen and oxygen atoms in total. The topological polar surface area (TPSA) is 106 Å². The van der Waals surface area contributed by atoms with Crippen LogP contribution in [-0.4, -0.2) is 41.6 Å². The van der Waals surface area contributed by atoms with Gasteiger partial charge in [-0.25, -0.2) is 4.98 Å². The van der Waals surface area contributed by atoms with E-state index in [1.54, 1.807) is 19.5 Å². The molecular weight excluding hydrogens is 482 g/mol. The average molecular weight is 504 g/mol. The normalized spacial score (nSPS) is 12.1. The minimum Gasteiger partial charge on any atom is -0.497 e. The number of halogens is 1. The molecule has 1 aliphatic rings. The van der Waals surface area contributed by atoms with Crippen molar-refractivity contribution in [3.05, 3.63) is 71.2 Å². The zero-order valence-electron chi connectivity index (χ0n) is 19.8. The first-order valence-corrected chi connectivity index (χ1v) is 11.8. The van der Waals surface area contributed by atoms with E-state index in [0.29, 0.717) is 52.1 Å². The number of fused-ring (bicyclic) bond motifs is 5. The van der Waals surface area contributed by atoms with Crippen LogP contribution in [0.5, 0.6) is 11.5 Å². The van der Waals surface area contributed by atoms with E-state index in [2.05, 4.69) is 25.3 Å². The molecule has 5 aromatic rings. The largest absolute Gasteiger partial charge is 0.497 e. The highest BCUT2D eigenvalue weighted by molar-refractivity contribution is 6.32. The molecule has 0 saturated heterocycles. The standard InChI is InChI=1S/C25H22ClN7O3/c1-14(2)25-28-23(31-36-25)22-19-11-32-21(12-35-20-7-5-4-6-17(20)26)29-30-24(32)16-10-15(34-3)8-9-18(16)33(19)13-27-22/h4-10,13-14H,11-12H2,1-3H3. The average Bonchev–Trinajstić information content (AvgIpc) is 3.61. The fourth-order valence-corrected chi connectivity index (χ4v) is 4.37. The Morgan fingerprint density at radius 1 is 1.14 bits per heavy atom. The Morgan fingerprint density at radius 3 is 2.78 bits per heavy atom. The smallest absolute Gasteiger partial charge is 0.229 e. The number of methoxy groups -OCH3 is 1. The number of aromatic nitrogens is 7. The number of nitrogens with zero attached hydrogens (tertiary/aromatic N) is 7. The van der Waals surface area contributed by atoms with Gasteiger partial charge >= 0.3 is 0 Å². The van der Waals surface area contributed by atoms with E-state index >= 15 is 0 Å². The molecule has 0 bridgehead atoms. The Bertz CT molecular complexity index is 1570. The first-order valence-electron chi connectivity index (χ1n) is 11.4. The molecular formula is C25H22ClN7O3. The second-order valence-electron chi connectivity index (χ2n) is 8.65. The third-order valence-corrected chi connectivity index (χ3v) is 6.36. The summed E-state index contributed by atoms with van der Waals surface area (Å²) in [6, 6.07) is 13.1. The summed E-state index contributed by atoms with van der Waals surface area (Å²) in [4.78, 5) is 9.23. The van der Waals surface area contributed by atoms with Crippen molar-refractivity contribution in [1.29, 1.82) is 0 Å². The zero-order valence-corrected chi connectivity index (χ0v) is 20.6. The van der Waals surface area contributed by atoms with Crippen LogP contribution in [0.15, 0.2) is 53.3 Å². The lowest BCUT2D eigenvalue weighted by atomic mass is 10.1. The highest BCUT2D eigenvalue weighted by atomic mass is 35.5. The summed E-state index contributed by atoms with van der Waals surface area (Å²) in [5.41, 5.74) is 3.24. The van der Waals surface area contributed by atoms with Gasteiger partial charge in [0.15, 0.2) is 11.6 Å². The van der Waals surface area contributed by atoms with E-state index in [1.807, 2.05) is 59.4 Å². The molecule has 6 rings (SSSR count). The van der Waals surface area contributed by atoms with Gasteiger partial charge in [-0.2, -0.15) is 4.98 Å². The van der Waals surface area contributed by atoms with E-state index in [1.165, 1.54) is 0 Å². The molecule has 4 heterocycles. The Hall–Kier alpha value is -4.18. The summed E-state index contributed by atoms with van der Waals surface area (Å²) in [6.45, 7) is 4.60. The molecule has 0 unspecified atom stereocenters. The summed E-state index contributed by atoms with van der Waals surface area (Å²) in [6.07, 6.45) is 1.77. The van der Waals surface area contributed by atoms with Gasteiger partial charge in [0.05, 0.1) is 30.1 Å². The van der Waals surface area contributed by atoms with Crippen LogP contribution in [0.2, 0.25) is 5.02 Å². The number of rotatable bonds is 6. The van der Waals surface area contributed by atoms with Crippen LogP contribution in [-0.2, 0) is 13.2 Å². The molecule has 2 aromatic carbocycles. The van der Waals surface area contributed by atoms with Gasteiger partial charge < -0.3 is 18.6 Å². The van der Waals surface area contributed by atoms with Crippen molar-refractivity contribution in [2.45, 2.75) is 32.9 Å². The van der Waals surface area contributed by atoms with Gasteiger partial charge in [-0.3, -0.25) is 4.57 Å². The number of hydrogen-bond acceptors (Lipinski definition) is 8. The maximum absolute atomic E-state index is 6.28. The van der Waals surface area contributed by atoms with Gasteiger partial charge in [0.25, 0.3) is 0 Å². The van der Waals surface area contributed by atoms with Gasteiger partial charge in [-0.1, -0.05) is 42.7 Å². The van der Waals surface area contributed by atoms with E-state index < -0.39 is 0 Å². The van der Waals surface area contributed by atoms with Crippen LogP contribution in [0.4, 0.5) is 0 Å². The van der Waals surface area contributed by atoms with Crippen LogP contribution in [0.25, 0.3) is 28.6 Å². The number of benzene rings is 2. The molecule has 36 heavy (non-hydrogen) atoms. The zero-order chi connectivity index (χ0) is 24.8. The first-order chi connectivity index (χ1) is 17.5. The molecule has 182 valence electrons. The predicted molar refractivity (Wildman–Crippen MR) is 131 cm³/mol. The van der Waals surface area contributed by atoms with Crippen LogP contribution < -0.4 is 9.47 Å². The van der Waals surface area contributed by atoms with Crippen molar-refractivity contribution < 1.29 is 14.0 Å². The quantitative estimate of drug-likeness (QED) is 0.316. The number of imidazole rings is 1. The van der Waals surface area contributed by atoms with Crippen molar-refractivity contribution >= 4 is 11.6 Å². The maximum atomic E-state index is 6.28. The van der Waals surface area contributed by atoms with Crippen molar-refractivity contribution in [3.8, 4) is 40.1 Å². The highest BCUT2D eigenvalue weighted by Gasteiger charge is 2.28. The van der Waals surface area contributed by atoms with Crippen LogP contribution in [0.1, 0.15) is 37.2 Å². The molecule has 1 aliphatic heterocycles. The summed E-state index contributed by atoms with van der Waals surface area (Å²) in [7, 11) is 1.63. The molecule has 3 aromatic heterocycles. The minimum atomic E-state index is 0.110. The fraction of sp³-hybridized carbons (Fsp3) is 0.240. The highest BCUT2D eigenvalue weighted by Crippen LogP contribution is 2.37. The van der Waals surface area contributed by atoms with Crippen molar-refractivity contribution in [2.75, 3.05) is 7.11 Å². The van der Waals surface area contributed by atoms with Crippen molar-refractivity contribution in [2.24, 2.45) is 0 Å². The number of para-hydroxylation sites is 1. The Labute approximate surface area is 211 Å². The lowest BCUT2D eigenvalue weighted by Crippen LogP contribution is -2.11. The minimum absolute atomic E-state index is 0.110. The number of ether oxygens (including phenoxy) is 2. The van der Waals surface area contributed by atoms with Gasteiger partial charge in [0.2, 0.25) is 11.7 Å². The van der Waals surface area contributed by atoms with Crippen LogP contribution in [0.3, 0.4) is 0 Å². The Kier molecular flexibility index (Phi) is 5.45. The Balaban J connectivity index is 1.47. The van der Waals surface area contributed by atoms with E-state index in [0.717, 1.165) is 16.9 Å². The SMILES string of the molecule is COc1ccc2c(c1)-c1nnc(COc3ccccc3Cl)n1Cc1c(-c3noc(C(C)C)n3)ncn1-2. The van der Waals surface area contributed by atoms with Gasteiger partial charge in [0.1, 0.15) is 30.1 Å². The molecule has 0 fully saturated rings. The second-order valence-corrected chi connectivity index (χ2v) is 9.06. The molecule has 0 amide bonds. The third-order valence-electron chi connectivity index (χ3n) is 6.05. The fourth-order valence-electron chi connectivity index (χ4n) is 4.18. The molecule has 0 saturated carbocycles. The van der Waals surface area contributed by atoms with Crippen molar-refractivity contribution in [1.82, 2.24) is 34.5 Å². The number of hydrogen-bond donors (Lipinski definition) is 0. The molecule has 0 aliphatic carbocycles. The van der Waals surface area contributed by atoms with Crippen molar-refractivity contribution in [3.63, 3.8) is 0 Å². The second kappa shape index (κ2) is 8.80. The monoisotopic (exact) mass is 503 g/mol. The molecule has 0 atom stereocenters. The molecule has 0 spiro atoms. The summed E-state index contributed by atoms with van der Waals surface area (Å²) in [5.74, 6) is 3.71.